The zero-order valence-electron chi connectivity index (χ0n) is 6.29. The highest BCUT2D eigenvalue weighted by molar-refractivity contribution is 4.89. The number of hydrogen-bond donors (Lipinski definition) is 1. The van der Waals surface area contributed by atoms with Crippen LogP contribution in [0.2, 0.25) is 0 Å². The fourth-order valence-electron chi connectivity index (χ4n) is 1.78. The Balaban J connectivity index is 1.81. The molecule has 1 heterocycles. The minimum atomic E-state index is 0.392. The summed E-state index contributed by atoms with van der Waals surface area (Å²) in [6, 6.07) is 0.900. The first-order valence-corrected chi connectivity index (χ1v) is 4.25. The number of hydrogen-bond acceptors (Lipinski definition) is 2. The van der Waals surface area contributed by atoms with Gasteiger partial charge in [0.05, 0.1) is 0 Å². The first-order chi connectivity index (χ1) is 4.90. The molecule has 0 bridgehead atoms. The molecule has 1 atom stereocenters. The van der Waals surface area contributed by atoms with E-state index in [9.17, 15) is 0 Å². The van der Waals surface area contributed by atoms with Gasteiger partial charge in [0.25, 0.3) is 0 Å². The Morgan fingerprint density at radius 2 is 2.10 bits per heavy atom. The van der Waals surface area contributed by atoms with E-state index in [-0.39, 0.29) is 0 Å². The average molecular weight is 141 g/mol. The third-order valence-electron chi connectivity index (χ3n) is 2.64. The minimum Gasteiger partial charge on any atom is -0.396 e. The summed E-state index contributed by atoms with van der Waals surface area (Å²) in [5, 5.41) is 8.86. The van der Waals surface area contributed by atoms with Gasteiger partial charge < -0.3 is 10.0 Å². The summed E-state index contributed by atoms with van der Waals surface area (Å²) in [5.41, 5.74) is 0. The molecule has 2 rings (SSSR count). The van der Waals surface area contributed by atoms with Gasteiger partial charge in [0, 0.05) is 19.2 Å². The van der Waals surface area contributed by atoms with Gasteiger partial charge in [-0.3, -0.25) is 0 Å². The molecule has 10 heavy (non-hydrogen) atoms. The molecule has 0 aromatic carbocycles. The van der Waals surface area contributed by atoms with Gasteiger partial charge in [0.2, 0.25) is 0 Å². The second-order valence-electron chi connectivity index (χ2n) is 3.56. The van der Waals surface area contributed by atoms with Crippen molar-refractivity contribution in [3.8, 4) is 0 Å². The van der Waals surface area contributed by atoms with Crippen molar-refractivity contribution in [3.63, 3.8) is 0 Å². The van der Waals surface area contributed by atoms with E-state index in [2.05, 4.69) is 4.90 Å². The molecule has 1 N–H and O–H groups in total. The van der Waals surface area contributed by atoms with Crippen LogP contribution in [0.1, 0.15) is 19.3 Å². The maximum Gasteiger partial charge on any atom is 0.0471 e. The summed E-state index contributed by atoms with van der Waals surface area (Å²) >= 11 is 0. The van der Waals surface area contributed by atoms with E-state index in [1.807, 2.05) is 0 Å². The number of likely N-dealkylation sites (tertiary alicyclic amines) is 1. The summed E-state index contributed by atoms with van der Waals surface area (Å²) in [5.74, 6) is 0.584. The standard InChI is InChI=1S/C8H15NO/c10-6-7-3-4-9(5-7)8-1-2-8/h7-8,10H,1-6H2/t7-/m0/s1. The highest BCUT2D eigenvalue weighted by atomic mass is 16.3. The zero-order chi connectivity index (χ0) is 6.97. The summed E-state index contributed by atoms with van der Waals surface area (Å²) in [6.45, 7) is 2.78. The first kappa shape index (κ1) is 6.62. The van der Waals surface area contributed by atoms with Gasteiger partial charge >= 0.3 is 0 Å². The lowest BCUT2D eigenvalue weighted by atomic mass is 10.1. The lowest BCUT2D eigenvalue weighted by Crippen LogP contribution is -2.23. The lowest BCUT2D eigenvalue weighted by molar-refractivity contribution is 0.220. The van der Waals surface area contributed by atoms with Crippen LogP contribution >= 0.6 is 0 Å². The van der Waals surface area contributed by atoms with Gasteiger partial charge in [-0.05, 0) is 31.7 Å². The molecule has 0 aromatic heterocycles. The Morgan fingerprint density at radius 1 is 1.30 bits per heavy atom. The minimum absolute atomic E-state index is 0.392. The Morgan fingerprint density at radius 3 is 2.60 bits per heavy atom. The van der Waals surface area contributed by atoms with Crippen LogP contribution in [-0.2, 0) is 0 Å². The van der Waals surface area contributed by atoms with Crippen LogP contribution in [-0.4, -0.2) is 35.7 Å². The first-order valence-electron chi connectivity index (χ1n) is 4.25. The smallest absolute Gasteiger partial charge is 0.0471 e. The molecule has 2 fully saturated rings. The fourth-order valence-corrected chi connectivity index (χ4v) is 1.78. The van der Waals surface area contributed by atoms with E-state index in [1.165, 1.54) is 25.8 Å². The molecule has 1 saturated heterocycles. The van der Waals surface area contributed by atoms with E-state index in [0.29, 0.717) is 12.5 Å². The monoisotopic (exact) mass is 141 g/mol. The predicted octanol–water partition coefficient (Wildman–Crippen LogP) is 0.463. The summed E-state index contributed by atoms with van der Waals surface area (Å²) in [4.78, 5) is 2.53. The molecule has 2 aliphatic rings. The highest BCUT2D eigenvalue weighted by Gasteiger charge is 2.33. The Labute approximate surface area is 61.8 Å². The molecule has 0 amide bonds. The molecule has 0 aromatic rings. The summed E-state index contributed by atoms with van der Waals surface area (Å²) < 4.78 is 0. The van der Waals surface area contributed by atoms with Gasteiger partial charge in [0.1, 0.15) is 0 Å². The van der Waals surface area contributed by atoms with Crippen molar-refractivity contribution < 1.29 is 5.11 Å². The van der Waals surface area contributed by atoms with Crippen molar-refractivity contribution in [2.24, 2.45) is 5.92 Å². The van der Waals surface area contributed by atoms with Crippen molar-refractivity contribution in [2.75, 3.05) is 19.7 Å². The molecular formula is C8H15NO. The Kier molecular flexibility index (Phi) is 1.66. The fraction of sp³-hybridized carbons (Fsp3) is 1.00. The average Bonchev–Trinajstić information content (AvgIpc) is 2.70. The van der Waals surface area contributed by atoms with Crippen molar-refractivity contribution in [3.05, 3.63) is 0 Å². The van der Waals surface area contributed by atoms with Gasteiger partial charge in [-0.2, -0.15) is 0 Å². The number of aliphatic hydroxyl groups is 1. The van der Waals surface area contributed by atoms with Crippen LogP contribution in [0.15, 0.2) is 0 Å². The van der Waals surface area contributed by atoms with Crippen molar-refractivity contribution in [2.45, 2.75) is 25.3 Å². The highest BCUT2D eigenvalue weighted by Crippen LogP contribution is 2.31. The largest absolute Gasteiger partial charge is 0.396 e. The van der Waals surface area contributed by atoms with E-state index in [4.69, 9.17) is 5.11 Å². The molecule has 2 nitrogen and oxygen atoms in total. The predicted molar refractivity (Wildman–Crippen MR) is 39.8 cm³/mol. The third kappa shape index (κ3) is 1.18. The second kappa shape index (κ2) is 2.51. The third-order valence-corrected chi connectivity index (χ3v) is 2.64. The second-order valence-corrected chi connectivity index (χ2v) is 3.56. The quantitative estimate of drug-likeness (QED) is 0.604. The van der Waals surface area contributed by atoms with Gasteiger partial charge in [-0.25, -0.2) is 0 Å². The molecule has 0 radical (unpaired) electrons. The molecule has 2 heteroatoms. The van der Waals surface area contributed by atoms with Crippen LogP contribution in [0.3, 0.4) is 0 Å². The van der Waals surface area contributed by atoms with Gasteiger partial charge in [-0.15, -0.1) is 0 Å². The topological polar surface area (TPSA) is 23.5 Å². The van der Waals surface area contributed by atoms with Crippen LogP contribution in [0.25, 0.3) is 0 Å². The Hall–Kier alpha value is -0.0800. The summed E-state index contributed by atoms with van der Waals surface area (Å²) in [6.07, 6.45) is 4.02. The molecule has 1 saturated carbocycles. The van der Waals surface area contributed by atoms with Crippen LogP contribution in [0, 0.1) is 5.92 Å². The zero-order valence-corrected chi connectivity index (χ0v) is 6.29. The SMILES string of the molecule is OC[C@H]1CCN(C2CC2)C1. The van der Waals surface area contributed by atoms with E-state index in [1.54, 1.807) is 0 Å². The van der Waals surface area contributed by atoms with Crippen molar-refractivity contribution in [1.29, 1.82) is 0 Å². The van der Waals surface area contributed by atoms with E-state index >= 15 is 0 Å². The van der Waals surface area contributed by atoms with Gasteiger partial charge in [0.15, 0.2) is 0 Å². The van der Waals surface area contributed by atoms with Gasteiger partial charge in [-0.1, -0.05) is 0 Å². The maximum absolute atomic E-state index is 8.86. The molecule has 1 aliphatic heterocycles. The molecular weight excluding hydrogens is 126 g/mol. The molecule has 0 spiro atoms. The lowest BCUT2D eigenvalue weighted by Gasteiger charge is -2.13. The van der Waals surface area contributed by atoms with E-state index < -0.39 is 0 Å². The van der Waals surface area contributed by atoms with Crippen LogP contribution in [0.4, 0.5) is 0 Å². The molecule has 58 valence electrons. The summed E-state index contributed by atoms with van der Waals surface area (Å²) in [7, 11) is 0. The molecule has 1 aliphatic carbocycles. The van der Waals surface area contributed by atoms with Crippen molar-refractivity contribution >= 4 is 0 Å². The number of rotatable bonds is 2. The van der Waals surface area contributed by atoms with Crippen molar-refractivity contribution in [1.82, 2.24) is 4.90 Å². The Bertz CT molecular complexity index is 122. The van der Waals surface area contributed by atoms with Crippen LogP contribution < -0.4 is 0 Å². The van der Waals surface area contributed by atoms with E-state index in [0.717, 1.165) is 12.6 Å². The van der Waals surface area contributed by atoms with Crippen LogP contribution in [0.5, 0.6) is 0 Å². The normalized spacial score (nSPS) is 35.1. The number of aliphatic hydroxyl groups excluding tert-OH is 1. The maximum atomic E-state index is 8.86. The molecule has 0 unspecified atom stereocenters. The number of nitrogens with zero attached hydrogens (tertiary/aromatic N) is 1.